The number of amides is 2. The first kappa shape index (κ1) is 52.9. The first-order chi connectivity index (χ1) is 26.7. The predicted octanol–water partition coefficient (Wildman–Crippen LogP) is 16.4. The molecule has 0 unspecified atom stereocenters. The molecule has 2 N–H and O–H groups in total. The van der Waals surface area contributed by atoms with E-state index in [4.69, 9.17) is 0 Å². The Balaban J connectivity index is 3.23. The van der Waals surface area contributed by atoms with Gasteiger partial charge in [0, 0.05) is 25.9 Å². The van der Waals surface area contributed by atoms with Gasteiger partial charge >= 0.3 is 0 Å². The zero-order chi connectivity index (χ0) is 39.1. The average molecular weight is 761 g/mol. The number of carbonyl (C=O) groups excluding carboxylic acids is 2. The summed E-state index contributed by atoms with van der Waals surface area (Å²) < 4.78 is 0. The van der Waals surface area contributed by atoms with Crippen molar-refractivity contribution in [1.82, 2.24) is 10.6 Å². The summed E-state index contributed by atoms with van der Waals surface area (Å²) in [4.78, 5) is 24.3. The van der Waals surface area contributed by atoms with Crippen LogP contribution < -0.4 is 10.6 Å². The van der Waals surface area contributed by atoms with E-state index in [0.29, 0.717) is 25.9 Å². The fourth-order valence-electron chi connectivity index (χ4n) is 8.02. The third-order valence-electron chi connectivity index (χ3n) is 11.8. The van der Waals surface area contributed by atoms with Crippen LogP contribution in [-0.4, -0.2) is 24.9 Å². The normalized spacial score (nSPS) is 11.4. The highest BCUT2D eigenvalue weighted by atomic mass is 16.2. The molecular weight excluding hydrogens is 661 g/mol. The molecule has 4 nitrogen and oxygen atoms in total. The average Bonchev–Trinajstić information content (AvgIpc) is 3.17. The molecule has 0 aromatic heterocycles. The second-order valence-electron chi connectivity index (χ2n) is 17.3. The van der Waals surface area contributed by atoms with Crippen molar-refractivity contribution in [3.05, 3.63) is 0 Å². The van der Waals surface area contributed by atoms with Crippen molar-refractivity contribution in [3.63, 3.8) is 0 Å². The summed E-state index contributed by atoms with van der Waals surface area (Å²) in [6.45, 7) is 5.68. The maximum absolute atomic E-state index is 12.1. The first-order valence-corrected chi connectivity index (χ1v) is 25.2. The zero-order valence-corrected chi connectivity index (χ0v) is 37.3. The van der Waals surface area contributed by atoms with Gasteiger partial charge in [0.05, 0.1) is 0 Å². The summed E-state index contributed by atoms with van der Waals surface area (Å²) in [6, 6.07) is 0. The Kier molecular flexibility index (Phi) is 47.1. The van der Waals surface area contributed by atoms with E-state index in [1.165, 1.54) is 244 Å². The van der Waals surface area contributed by atoms with Crippen molar-refractivity contribution in [2.45, 2.75) is 296 Å². The van der Waals surface area contributed by atoms with Crippen molar-refractivity contribution in [1.29, 1.82) is 0 Å². The quantitative estimate of drug-likeness (QED) is 0.0607. The molecule has 0 saturated carbocycles. The van der Waals surface area contributed by atoms with Crippen LogP contribution >= 0.6 is 0 Å². The van der Waals surface area contributed by atoms with Gasteiger partial charge in [0.1, 0.15) is 0 Å². The minimum atomic E-state index is 0.131. The lowest BCUT2D eigenvalue weighted by molar-refractivity contribution is -0.123. The predicted molar refractivity (Wildman–Crippen MR) is 241 cm³/mol. The lowest BCUT2D eigenvalue weighted by Gasteiger charge is -2.07. The van der Waals surface area contributed by atoms with Crippen LogP contribution in [-0.2, 0) is 9.59 Å². The second-order valence-corrected chi connectivity index (χ2v) is 17.3. The topological polar surface area (TPSA) is 58.2 Å². The smallest absolute Gasteiger partial charge is 0.220 e. The van der Waals surface area contributed by atoms with Gasteiger partial charge in [0.25, 0.3) is 0 Å². The fourth-order valence-corrected chi connectivity index (χ4v) is 8.02. The van der Waals surface area contributed by atoms with E-state index in [0.717, 1.165) is 25.7 Å². The van der Waals surface area contributed by atoms with E-state index in [1.807, 2.05) is 0 Å². The standard InChI is InChI=1S/C50H100N2O2/c1-3-5-7-9-11-13-15-17-19-21-23-25-27-29-31-33-35-37-39-41-43-45-49(53)51-47-48-52-50(54)46-44-42-40-38-36-34-32-30-28-26-24-22-20-18-16-14-12-10-8-6-4-2/h3-48H2,1-2H3,(H,51,53)(H,52,54). The first-order valence-electron chi connectivity index (χ1n) is 25.2. The molecule has 0 heterocycles. The Labute approximate surface area is 340 Å². The minimum Gasteiger partial charge on any atom is -0.354 e. The molecule has 0 saturated heterocycles. The largest absolute Gasteiger partial charge is 0.354 e. The SMILES string of the molecule is CCCCCCCCCCCCCCCCCCCCCCCC(=O)NCCNC(=O)CCCCCCCCCCCCCCCCCCCCCCC. The molecule has 0 aliphatic carbocycles. The molecule has 0 atom stereocenters. The van der Waals surface area contributed by atoms with Gasteiger partial charge in [-0.25, -0.2) is 0 Å². The summed E-state index contributed by atoms with van der Waals surface area (Å²) in [5, 5.41) is 5.96. The van der Waals surface area contributed by atoms with Crippen LogP contribution in [0.1, 0.15) is 296 Å². The summed E-state index contributed by atoms with van der Waals surface area (Å²) in [5.41, 5.74) is 0. The van der Waals surface area contributed by atoms with Gasteiger partial charge in [-0.05, 0) is 12.8 Å². The molecule has 0 bridgehead atoms. The van der Waals surface area contributed by atoms with Crippen molar-refractivity contribution in [2.24, 2.45) is 0 Å². The van der Waals surface area contributed by atoms with Crippen LogP contribution in [0, 0.1) is 0 Å². The Morgan fingerprint density at radius 3 is 0.556 bits per heavy atom. The number of unbranched alkanes of at least 4 members (excludes halogenated alkanes) is 40. The van der Waals surface area contributed by atoms with Crippen molar-refractivity contribution in [3.8, 4) is 0 Å². The Hall–Kier alpha value is -1.06. The highest BCUT2D eigenvalue weighted by molar-refractivity contribution is 5.77. The van der Waals surface area contributed by atoms with Crippen LogP contribution in [0.4, 0.5) is 0 Å². The fraction of sp³-hybridized carbons (Fsp3) is 0.960. The summed E-state index contributed by atoms with van der Waals surface area (Å²) in [7, 11) is 0. The number of hydrogen-bond donors (Lipinski definition) is 2. The third kappa shape index (κ3) is 47.1. The van der Waals surface area contributed by atoms with E-state index < -0.39 is 0 Å². The molecule has 0 aromatic rings. The molecule has 0 aliphatic heterocycles. The molecule has 2 amide bonds. The van der Waals surface area contributed by atoms with Gasteiger partial charge in [-0.15, -0.1) is 0 Å². The Morgan fingerprint density at radius 1 is 0.241 bits per heavy atom. The van der Waals surface area contributed by atoms with Gasteiger partial charge in [-0.2, -0.15) is 0 Å². The summed E-state index contributed by atoms with van der Waals surface area (Å²) >= 11 is 0. The molecule has 0 radical (unpaired) electrons. The number of carbonyl (C=O) groups is 2. The van der Waals surface area contributed by atoms with Gasteiger partial charge in [-0.1, -0.05) is 271 Å². The maximum Gasteiger partial charge on any atom is 0.220 e. The van der Waals surface area contributed by atoms with Crippen LogP contribution in [0.2, 0.25) is 0 Å². The number of rotatable bonds is 47. The molecule has 0 aromatic carbocycles. The summed E-state index contributed by atoms with van der Waals surface area (Å²) in [6.07, 6.45) is 59.2. The van der Waals surface area contributed by atoms with E-state index in [2.05, 4.69) is 24.5 Å². The van der Waals surface area contributed by atoms with Gasteiger partial charge < -0.3 is 10.6 Å². The van der Waals surface area contributed by atoms with Crippen molar-refractivity contribution in [2.75, 3.05) is 13.1 Å². The molecule has 0 spiro atoms. The lowest BCUT2D eigenvalue weighted by atomic mass is 10.0. The number of nitrogens with one attached hydrogen (secondary N) is 2. The molecule has 0 fully saturated rings. The highest BCUT2D eigenvalue weighted by Crippen LogP contribution is 2.17. The second kappa shape index (κ2) is 48.1. The van der Waals surface area contributed by atoms with Crippen molar-refractivity contribution >= 4 is 11.8 Å². The molecule has 4 heteroatoms. The molecule has 0 aliphatic rings. The molecule has 54 heavy (non-hydrogen) atoms. The van der Waals surface area contributed by atoms with E-state index >= 15 is 0 Å². The summed E-state index contributed by atoms with van der Waals surface area (Å²) in [5.74, 6) is 0.262. The lowest BCUT2D eigenvalue weighted by Crippen LogP contribution is -2.34. The van der Waals surface area contributed by atoms with Crippen LogP contribution in [0.5, 0.6) is 0 Å². The van der Waals surface area contributed by atoms with Gasteiger partial charge in [0.15, 0.2) is 0 Å². The highest BCUT2D eigenvalue weighted by Gasteiger charge is 2.04. The van der Waals surface area contributed by atoms with Gasteiger partial charge in [0.2, 0.25) is 11.8 Å². The number of hydrogen-bond acceptors (Lipinski definition) is 2. The molecular formula is C50H100N2O2. The minimum absolute atomic E-state index is 0.131. The van der Waals surface area contributed by atoms with Gasteiger partial charge in [-0.3, -0.25) is 9.59 Å². The molecule has 0 rings (SSSR count). The Morgan fingerprint density at radius 2 is 0.389 bits per heavy atom. The maximum atomic E-state index is 12.1. The Bertz CT molecular complexity index is 665. The van der Waals surface area contributed by atoms with Crippen molar-refractivity contribution < 1.29 is 9.59 Å². The third-order valence-corrected chi connectivity index (χ3v) is 11.8. The van der Waals surface area contributed by atoms with E-state index in [1.54, 1.807) is 0 Å². The van der Waals surface area contributed by atoms with E-state index in [9.17, 15) is 9.59 Å². The monoisotopic (exact) mass is 761 g/mol. The molecule has 322 valence electrons. The van der Waals surface area contributed by atoms with Crippen LogP contribution in [0.25, 0.3) is 0 Å². The van der Waals surface area contributed by atoms with E-state index in [-0.39, 0.29) is 11.8 Å². The van der Waals surface area contributed by atoms with Crippen LogP contribution in [0.3, 0.4) is 0 Å². The van der Waals surface area contributed by atoms with Crippen LogP contribution in [0.15, 0.2) is 0 Å². The zero-order valence-electron chi connectivity index (χ0n) is 37.3.